The third kappa shape index (κ3) is 2.41. The van der Waals surface area contributed by atoms with Crippen molar-refractivity contribution in [1.29, 1.82) is 0 Å². The van der Waals surface area contributed by atoms with Gasteiger partial charge in [0.1, 0.15) is 14.8 Å². The van der Waals surface area contributed by atoms with Gasteiger partial charge in [-0.2, -0.15) is 0 Å². The molecule has 0 nitrogen and oxygen atoms in total. The van der Waals surface area contributed by atoms with Crippen molar-refractivity contribution in [3.63, 3.8) is 0 Å². The van der Waals surface area contributed by atoms with Crippen LogP contribution in [0.4, 0.5) is 0 Å². The van der Waals surface area contributed by atoms with Gasteiger partial charge in [-0.25, -0.2) is 0 Å². The van der Waals surface area contributed by atoms with Crippen LogP contribution < -0.4 is 5.30 Å². The summed E-state index contributed by atoms with van der Waals surface area (Å²) in [6, 6.07) is 8.80. The van der Waals surface area contributed by atoms with E-state index in [1.54, 1.807) is 0 Å². The summed E-state index contributed by atoms with van der Waals surface area (Å²) in [4.78, 5) is 0. The lowest BCUT2D eigenvalue weighted by atomic mass is 10.2. The van der Waals surface area contributed by atoms with Gasteiger partial charge < -0.3 is 0 Å². The second kappa shape index (κ2) is 4.17. The fourth-order valence-electron chi connectivity index (χ4n) is 1.03. The molecule has 64 valence electrons. The molecular formula is C10H15P2+. The van der Waals surface area contributed by atoms with E-state index >= 15 is 0 Å². The lowest BCUT2D eigenvalue weighted by Crippen LogP contribution is -1.96. The molecule has 2 heteroatoms. The quantitative estimate of drug-likeness (QED) is 0.639. The summed E-state index contributed by atoms with van der Waals surface area (Å²) in [7, 11) is -0.0327. The molecule has 0 spiro atoms. The first-order chi connectivity index (χ1) is 5.61. The first-order valence-electron chi connectivity index (χ1n) is 3.96. The molecule has 0 aliphatic rings. The highest BCUT2D eigenvalue weighted by molar-refractivity contribution is 8.30. The summed E-state index contributed by atoms with van der Waals surface area (Å²) >= 11 is 0. The smallest absolute Gasteiger partial charge is 0.0612 e. The zero-order valence-corrected chi connectivity index (χ0v) is 9.70. The normalized spacial score (nSPS) is 14.1. The second-order valence-corrected chi connectivity index (χ2v) is 9.75. The molecule has 0 amide bonds. The predicted octanol–water partition coefficient (Wildman–Crippen LogP) is 3.19. The Bertz CT molecular complexity index is 292. The number of hydrogen-bond acceptors (Lipinski definition) is 0. The van der Waals surface area contributed by atoms with Crippen LogP contribution in [0, 0.1) is 6.92 Å². The Balaban J connectivity index is 2.95. The molecule has 12 heavy (non-hydrogen) atoms. The Hall–Kier alpha value is -0.180. The van der Waals surface area contributed by atoms with E-state index in [2.05, 4.69) is 50.8 Å². The minimum absolute atomic E-state index is 0.00283. The molecule has 0 heterocycles. The minimum atomic E-state index is -0.0355. The maximum absolute atomic E-state index is 4.14. The van der Waals surface area contributed by atoms with Crippen molar-refractivity contribution < 1.29 is 0 Å². The van der Waals surface area contributed by atoms with Gasteiger partial charge in [-0.3, -0.25) is 0 Å². The Labute approximate surface area is 77.0 Å². The molecule has 0 N–H and O–H groups in total. The van der Waals surface area contributed by atoms with Gasteiger partial charge in [-0.15, -0.1) is 0 Å². The molecular weight excluding hydrogens is 182 g/mol. The van der Waals surface area contributed by atoms with Crippen LogP contribution in [0.15, 0.2) is 24.3 Å². The average molecular weight is 197 g/mol. The monoisotopic (exact) mass is 197 g/mol. The Morgan fingerprint density at radius 3 is 2.58 bits per heavy atom. The third-order valence-corrected chi connectivity index (χ3v) is 7.70. The Kier molecular flexibility index (Phi) is 3.44. The molecule has 1 aromatic rings. The van der Waals surface area contributed by atoms with Crippen LogP contribution in [0.3, 0.4) is 0 Å². The van der Waals surface area contributed by atoms with Gasteiger partial charge in [0.15, 0.2) is 0 Å². The van der Waals surface area contributed by atoms with E-state index in [4.69, 9.17) is 0 Å². The van der Waals surface area contributed by atoms with Crippen LogP contribution in [-0.2, 0) is 0 Å². The zero-order valence-electron chi connectivity index (χ0n) is 7.91. The lowest BCUT2D eigenvalue weighted by Gasteiger charge is -2.03. The van der Waals surface area contributed by atoms with Crippen LogP contribution >= 0.6 is 14.8 Å². The summed E-state index contributed by atoms with van der Waals surface area (Å²) in [6.45, 7) is 6.72. The molecule has 0 saturated heterocycles. The van der Waals surface area contributed by atoms with Gasteiger partial charge in [-0.05, 0) is 13.0 Å². The molecule has 1 rings (SSSR count). The van der Waals surface area contributed by atoms with E-state index in [-0.39, 0.29) is 14.8 Å². The number of benzene rings is 1. The molecule has 0 saturated carbocycles. The van der Waals surface area contributed by atoms with E-state index in [1.165, 1.54) is 10.9 Å². The molecule has 0 radical (unpaired) electrons. The van der Waals surface area contributed by atoms with Crippen LogP contribution in [0.2, 0.25) is 0 Å². The number of aryl methyl sites for hydroxylation is 1. The highest BCUT2D eigenvalue weighted by atomic mass is 32.1. The van der Waals surface area contributed by atoms with Crippen molar-refractivity contribution in [2.24, 2.45) is 0 Å². The van der Waals surface area contributed by atoms with E-state index in [0.717, 1.165) is 0 Å². The molecule has 2 unspecified atom stereocenters. The molecule has 0 fully saturated rings. The fraction of sp³-hybridized carbons (Fsp3) is 0.300. The van der Waals surface area contributed by atoms with Crippen LogP contribution in [-0.4, -0.2) is 19.6 Å². The summed E-state index contributed by atoms with van der Waals surface area (Å²) in [5.74, 6) is 0. The van der Waals surface area contributed by atoms with Crippen molar-refractivity contribution in [2.75, 3.05) is 13.3 Å². The van der Waals surface area contributed by atoms with E-state index < -0.39 is 0 Å². The summed E-state index contributed by atoms with van der Waals surface area (Å²) in [5.41, 5.74) is 1.36. The second-order valence-electron chi connectivity index (χ2n) is 3.02. The van der Waals surface area contributed by atoms with E-state index in [1.807, 2.05) is 0 Å². The topological polar surface area (TPSA) is 0 Å². The maximum Gasteiger partial charge on any atom is 0.140 e. The van der Waals surface area contributed by atoms with E-state index in [9.17, 15) is 0 Å². The Morgan fingerprint density at radius 1 is 1.42 bits per heavy atom. The predicted molar refractivity (Wildman–Crippen MR) is 63.6 cm³/mol. The SMILES string of the molecule is C=[P+](C)P(C)c1cccc(C)c1. The van der Waals surface area contributed by atoms with Gasteiger partial charge in [0.25, 0.3) is 0 Å². The van der Waals surface area contributed by atoms with Crippen molar-refractivity contribution in [3.05, 3.63) is 29.8 Å². The first kappa shape index (κ1) is 9.90. The van der Waals surface area contributed by atoms with Crippen LogP contribution in [0.5, 0.6) is 0 Å². The first-order valence-corrected chi connectivity index (χ1v) is 8.42. The van der Waals surface area contributed by atoms with Crippen molar-refractivity contribution in [2.45, 2.75) is 6.92 Å². The van der Waals surface area contributed by atoms with Gasteiger partial charge in [0, 0.05) is 12.0 Å². The van der Waals surface area contributed by atoms with Crippen molar-refractivity contribution in [3.8, 4) is 0 Å². The Morgan fingerprint density at radius 2 is 2.08 bits per heavy atom. The number of hydrogen-bond donors (Lipinski definition) is 0. The molecule has 1 aromatic carbocycles. The van der Waals surface area contributed by atoms with Crippen molar-refractivity contribution >= 4 is 26.4 Å². The zero-order chi connectivity index (χ0) is 9.14. The number of rotatable bonds is 2. The summed E-state index contributed by atoms with van der Waals surface area (Å²) in [6.07, 6.45) is 4.14. The molecule has 0 aliphatic carbocycles. The molecule has 0 bridgehead atoms. The van der Waals surface area contributed by atoms with Crippen LogP contribution in [0.1, 0.15) is 5.56 Å². The molecule has 2 atom stereocenters. The summed E-state index contributed by atoms with van der Waals surface area (Å²) < 4.78 is 0. The highest BCUT2D eigenvalue weighted by Crippen LogP contribution is 2.54. The minimum Gasteiger partial charge on any atom is -0.0612 e. The third-order valence-electron chi connectivity index (χ3n) is 1.89. The molecule has 0 aliphatic heterocycles. The maximum atomic E-state index is 4.14. The summed E-state index contributed by atoms with van der Waals surface area (Å²) in [5, 5.41) is 1.49. The van der Waals surface area contributed by atoms with Gasteiger partial charge in [-0.1, -0.05) is 23.8 Å². The van der Waals surface area contributed by atoms with E-state index in [0.29, 0.717) is 0 Å². The van der Waals surface area contributed by atoms with Gasteiger partial charge in [0.05, 0.1) is 13.0 Å². The van der Waals surface area contributed by atoms with Crippen LogP contribution in [0.25, 0.3) is 0 Å². The highest BCUT2D eigenvalue weighted by Gasteiger charge is 2.14. The fourth-order valence-corrected chi connectivity index (χ4v) is 3.67. The van der Waals surface area contributed by atoms with Gasteiger partial charge >= 0.3 is 0 Å². The average Bonchev–Trinajstić information content (AvgIpc) is 2.03. The van der Waals surface area contributed by atoms with Gasteiger partial charge in [0.2, 0.25) is 0 Å². The lowest BCUT2D eigenvalue weighted by molar-refractivity contribution is 1.50. The largest absolute Gasteiger partial charge is 0.140 e. The standard InChI is InChI=1S/C10H15P2/c1-9-6-5-7-10(8-9)12(4)11(2)3/h5-8H,2H2,1,3-4H3/q+1. The van der Waals surface area contributed by atoms with Crippen molar-refractivity contribution in [1.82, 2.24) is 0 Å². The molecule has 0 aromatic heterocycles.